The topological polar surface area (TPSA) is 97.9 Å². The zero-order valence-electron chi connectivity index (χ0n) is 22.2. The number of hydrogen-bond acceptors (Lipinski definition) is 6. The van der Waals surface area contributed by atoms with E-state index >= 15 is 0 Å². The van der Waals surface area contributed by atoms with E-state index < -0.39 is 0 Å². The minimum absolute atomic E-state index is 0.0837. The number of amides is 1. The van der Waals surface area contributed by atoms with Crippen molar-refractivity contribution in [1.82, 2.24) is 29.2 Å². The molecule has 0 atom stereocenters. The van der Waals surface area contributed by atoms with Crippen LogP contribution in [-0.4, -0.2) is 41.7 Å². The normalized spacial score (nSPS) is 13.8. The van der Waals surface area contributed by atoms with Crippen molar-refractivity contribution in [3.8, 4) is 5.69 Å². The van der Waals surface area contributed by atoms with Gasteiger partial charge in [-0.3, -0.25) is 14.6 Å². The van der Waals surface area contributed by atoms with E-state index in [0.717, 1.165) is 29.1 Å². The molecule has 1 N–H and O–H groups in total. The van der Waals surface area contributed by atoms with E-state index in [1.54, 1.807) is 24.0 Å². The third-order valence-corrected chi connectivity index (χ3v) is 6.79. The highest BCUT2D eigenvalue weighted by molar-refractivity contribution is 5.77. The standard InChI is InChI=1S/C28H33N7O2/c1-17(2)34-26(37)23-15-30-27(31-21-8-7-20-16-33(18(3)36)12-10-19(20)13-21)32-25(23)35(34)22-9-11-29-24(14-22)28(4,5)6/h7-9,11,13-15,17H,10,12,16H2,1-6H3,(H,30,31,32). The highest BCUT2D eigenvalue weighted by atomic mass is 16.2. The SMILES string of the molecule is CC(=O)N1CCc2cc(Nc3ncc4c(=O)n(C(C)C)n(-c5ccnc(C(C)(C)C)c5)c4n3)ccc2C1. The van der Waals surface area contributed by atoms with Crippen molar-refractivity contribution in [1.29, 1.82) is 0 Å². The van der Waals surface area contributed by atoms with Crippen molar-refractivity contribution in [2.45, 2.75) is 66.0 Å². The van der Waals surface area contributed by atoms with Gasteiger partial charge in [0, 0.05) is 55.2 Å². The Hall–Kier alpha value is -4.01. The van der Waals surface area contributed by atoms with Gasteiger partial charge in [0.1, 0.15) is 5.39 Å². The fraction of sp³-hybridized carbons (Fsp3) is 0.393. The summed E-state index contributed by atoms with van der Waals surface area (Å²) in [7, 11) is 0. The van der Waals surface area contributed by atoms with Gasteiger partial charge in [-0.25, -0.2) is 14.3 Å². The van der Waals surface area contributed by atoms with Crippen LogP contribution < -0.4 is 10.9 Å². The molecule has 0 spiro atoms. The molecule has 0 unspecified atom stereocenters. The van der Waals surface area contributed by atoms with Gasteiger partial charge >= 0.3 is 0 Å². The summed E-state index contributed by atoms with van der Waals surface area (Å²) < 4.78 is 3.58. The highest BCUT2D eigenvalue weighted by Gasteiger charge is 2.22. The summed E-state index contributed by atoms with van der Waals surface area (Å²) in [4.78, 5) is 40.8. The quantitative estimate of drug-likeness (QED) is 0.444. The second-order valence-corrected chi connectivity index (χ2v) is 10.9. The third kappa shape index (κ3) is 4.61. The van der Waals surface area contributed by atoms with E-state index in [1.807, 2.05) is 47.7 Å². The molecule has 4 heterocycles. The van der Waals surface area contributed by atoms with E-state index in [2.05, 4.69) is 42.1 Å². The molecule has 192 valence electrons. The van der Waals surface area contributed by atoms with Gasteiger partial charge in [-0.2, -0.15) is 4.98 Å². The number of hydrogen-bond donors (Lipinski definition) is 1. The number of rotatable bonds is 4. The van der Waals surface area contributed by atoms with Gasteiger partial charge in [0.15, 0.2) is 5.65 Å². The van der Waals surface area contributed by atoms with Crippen LogP contribution in [0.3, 0.4) is 0 Å². The van der Waals surface area contributed by atoms with Crippen LogP contribution in [0.5, 0.6) is 0 Å². The first-order valence-corrected chi connectivity index (χ1v) is 12.6. The molecule has 1 aromatic carbocycles. The molecule has 0 aliphatic carbocycles. The minimum Gasteiger partial charge on any atom is -0.338 e. The zero-order chi connectivity index (χ0) is 26.5. The number of pyridine rings is 1. The molecular formula is C28H33N7O2. The second-order valence-electron chi connectivity index (χ2n) is 10.9. The van der Waals surface area contributed by atoms with Gasteiger partial charge in [0.2, 0.25) is 11.9 Å². The maximum absolute atomic E-state index is 13.3. The van der Waals surface area contributed by atoms with Crippen molar-refractivity contribution < 1.29 is 4.79 Å². The van der Waals surface area contributed by atoms with Crippen molar-refractivity contribution >= 4 is 28.6 Å². The van der Waals surface area contributed by atoms with Crippen LogP contribution in [0.4, 0.5) is 11.6 Å². The smallest absolute Gasteiger partial charge is 0.278 e. The molecule has 1 aliphatic rings. The summed E-state index contributed by atoms with van der Waals surface area (Å²) in [6.07, 6.45) is 4.17. The lowest BCUT2D eigenvalue weighted by Gasteiger charge is -2.28. The number of benzene rings is 1. The average Bonchev–Trinajstić information content (AvgIpc) is 3.15. The largest absolute Gasteiger partial charge is 0.338 e. The molecule has 0 fully saturated rings. The number of anilines is 2. The maximum Gasteiger partial charge on any atom is 0.278 e. The molecule has 3 aromatic heterocycles. The number of nitrogens with zero attached hydrogens (tertiary/aromatic N) is 6. The Labute approximate surface area is 216 Å². The fourth-order valence-corrected chi connectivity index (χ4v) is 4.76. The van der Waals surface area contributed by atoms with E-state index in [1.165, 1.54) is 5.56 Å². The zero-order valence-corrected chi connectivity index (χ0v) is 22.2. The highest BCUT2D eigenvalue weighted by Crippen LogP contribution is 2.27. The maximum atomic E-state index is 13.3. The molecule has 0 radical (unpaired) electrons. The van der Waals surface area contributed by atoms with Crippen LogP contribution in [0.15, 0.2) is 47.5 Å². The van der Waals surface area contributed by atoms with Crippen LogP contribution >= 0.6 is 0 Å². The molecule has 0 saturated carbocycles. The van der Waals surface area contributed by atoms with Crippen molar-refractivity contribution in [2.75, 3.05) is 11.9 Å². The summed E-state index contributed by atoms with van der Waals surface area (Å²) in [5, 5.41) is 3.77. The third-order valence-electron chi connectivity index (χ3n) is 6.79. The number of carbonyl (C=O) groups is 1. The Kier molecular flexibility index (Phi) is 6.09. The summed E-state index contributed by atoms with van der Waals surface area (Å²) in [5.41, 5.74) is 5.25. The molecule has 37 heavy (non-hydrogen) atoms. The lowest BCUT2D eigenvalue weighted by Crippen LogP contribution is -2.34. The summed E-state index contributed by atoms with van der Waals surface area (Å²) in [6, 6.07) is 9.93. The number of fused-ring (bicyclic) bond motifs is 2. The van der Waals surface area contributed by atoms with Crippen molar-refractivity contribution in [2.24, 2.45) is 0 Å². The fourth-order valence-electron chi connectivity index (χ4n) is 4.76. The van der Waals surface area contributed by atoms with Gasteiger partial charge in [-0.1, -0.05) is 26.8 Å². The van der Waals surface area contributed by atoms with Crippen LogP contribution in [0, 0.1) is 0 Å². The minimum atomic E-state index is -0.141. The van der Waals surface area contributed by atoms with Crippen LogP contribution in [0.2, 0.25) is 0 Å². The summed E-state index contributed by atoms with van der Waals surface area (Å²) in [5.74, 6) is 0.506. The molecule has 0 saturated heterocycles. The monoisotopic (exact) mass is 499 g/mol. The Morgan fingerprint density at radius 1 is 1.08 bits per heavy atom. The average molecular weight is 500 g/mol. The van der Waals surface area contributed by atoms with E-state index in [4.69, 9.17) is 4.98 Å². The molecule has 4 aromatic rings. The second kappa shape index (κ2) is 9.14. The lowest BCUT2D eigenvalue weighted by molar-refractivity contribution is -0.129. The van der Waals surface area contributed by atoms with Crippen LogP contribution in [0.1, 0.15) is 64.4 Å². The summed E-state index contributed by atoms with van der Waals surface area (Å²) in [6.45, 7) is 13.3. The van der Waals surface area contributed by atoms with E-state index in [0.29, 0.717) is 30.1 Å². The Morgan fingerprint density at radius 2 is 1.86 bits per heavy atom. The Morgan fingerprint density at radius 3 is 2.57 bits per heavy atom. The first kappa shape index (κ1) is 24.7. The first-order chi connectivity index (χ1) is 17.5. The summed E-state index contributed by atoms with van der Waals surface area (Å²) >= 11 is 0. The molecule has 5 rings (SSSR count). The first-order valence-electron chi connectivity index (χ1n) is 12.6. The molecule has 9 nitrogen and oxygen atoms in total. The van der Waals surface area contributed by atoms with Crippen LogP contribution in [0.25, 0.3) is 16.7 Å². The number of carbonyl (C=O) groups excluding carboxylic acids is 1. The van der Waals surface area contributed by atoms with Gasteiger partial charge in [0.25, 0.3) is 5.56 Å². The van der Waals surface area contributed by atoms with E-state index in [-0.39, 0.29) is 22.9 Å². The van der Waals surface area contributed by atoms with Gasteiger partial charge in [0.05, 0.1) is 5.69 Å². The number of aromatic nitrogens is 5. The van der Waals surface area contributed by atoms with Gasteiger partial charge in [-0.05, 0) is 55.7 Å². The number of nitrogens with one attached hydrogen (secondary N) is 1. The predicted molar refractivity (Wildman–Crippen MR) is 145 cm³/mol. The van der Waals surface area contributed by atoms with Crippen molar-refractivity contribution in [3.63, 3.8) is 0 Å². The molecule has 0 bridgehead atoms. The Bertz CT molecular complexity index is 1560. The van der Waals surface area contributed by atoms with Crippen LogP contribution in [-0.2, 0) is 23.2 Å². The van der Waals surface area contributed by atoms with Gasteiger partial charge in [-0.15, -0.1) is 0 Å². The Balaban J connectivity index is 1.56. The predicted octanol–water partition coefficient (Wildman–Crippen LogP) is 4.50. The lowest BCUT2D eigenvalue weighted by atomic mass is 9.91. The van der Waals surface area contributed by atoms with Crippen molar-refractivity contribution in [3.05, 3.63) is 69.9 Å². The van der Waals surface area contributed by atoms with Gasteiger partial charge < -0.3 is 10.2 Å². The molecule has 1 amide bonds. The molecule has 1 aliphatic heterocycles. The van der Waals surface area contributed by atoms with E-state index in [9.17, 15) is 9.59 Å². The molecule has 9 heteroatoms. The molecular weight excluding hydrogens is 466 g/mol.